The van der Waals surface area contributed by atoms with Crippen LogP contribution in [0.3, 0.4) is 0 Å². The minimum Gasteiger partial charge on any atom is -0.347 e. The van der Waals surface area contributed by atoms with Gasteiger partial charge in [-0.1, -0.05) is 94.2 Å². The molecule has 0 saturated heterocycles. The van der Waals surface area contributed by atoms with Gasteiger partial charge in [0, 0.05) is 42.7 Å². The maximum Gasteiger partial charge on any atom is 0.0448 e. The molecule has 0 fully saturated rings. The number of hydrogen-bond acceptors (Lipinski definition) is 1. The van der Waals surface area contributed by atoms with Crippen molar-refractivity contribution >= 4 is 53.5 Å². The zero-order valence-corrected chi connectivity index (χ0v) is 24.3. The molecular weight excluding hydrogens is 590 g/mol. The second-order valence-corrected chi connectivity index (χ2v) is 12.1. The van der Waals surface area contributed by atoms with Crippen LogP contribution in [-0.2, 0) is 10.8 Å². The van der Waals surface area contributed by atoms with Gasteiger partial charge in [-0.15, -0.1) is 0 Å². The topological polar surface area (TPSA) is 3.24 Å². The normalized spacial score (nSPS) is 17.3. The van der Waals surface area contributed by atoms with E-state index in [1.54, 1.807) is 0 Å². The molecule has 0 atom stereocenters. The van der Waals surface area contributed by atoms with Gasteiger partial charge in [0.05, 0.1) is 0 Å². The summed E-state index contributed by atoms with van der Waals surface area (Å²) in [5.74, 6) is 0. The lowest BCUT2D eigenvalue weighted by Crippen LogP contribution is -2.22. The molecular formula is C28H30Br3N. The van der Waals surface area contributed by atoms with E-state index in [1.165, 1.54) is 28.1 Å². The SMILES string of the molecule is C=C(/C=C/C(Br)=C/C=C1/N(C)c2ccc(Br)cc2C1(C)C)C(C)(C)c1cc(Br)ccc1C. The quantitative estimate of drug-likeness (QED) is 0.301. The Bertz CT molecular complexity index is 1150. The average Bonchev–Trinajstić information content (AvgIpc) is 2.91. The molecule has 168 valence electrons. The van der Waals surface area contributed by atoms with Crippen molar-refractivity contribution in [1.82, 2.24) is 0 Å². The van der Waals surface area contributed by atoms with E-state index < -0.39 is 0 Å². The Morgan fingerprint density at radius 2 is 1.66 bits per heavy atom. The Balaban J connectivity index is 1.83. The summed E-state index contributed by atoms with van der Waals surface area (Å²) < 4.78 is 3.21. The summed E-state index contributed by atoms with van der Waals surface area (Å²) in [7, 11) is 2.13. The van der Waals surface area contributed by atoms with Gasteiger partial charge in [-0.3, -0.25) is 0 Å². The number of rotatable bonds is 5. The van der Waals surface area contributed by atoms with Crippen LogP contribution in [0.15, 0.2) is 92.0 Å². The number of nitrogens with zero attached hydrogens (tertiary/aromatic N) is 1. The highest BCUT2D eigenvalue weighted by atomic mass is 79.9. The van der Waals surface area contributed by atoms with Crippen molar-refractivity contribution in [2.45, 2.75) is 45.4 Å². The van der Waals surface area contributed by atoms with E-state index in [1.807, 2.05) is 0 Å². The van der Waals surface area contributed by atoms with Crippen LogP contribution in [0.1, 0.15) is 44.4 Å². The van der Waals surface area contributed by atoms with Gasteiger partial charge in [0.25, 0.3) is 0 Å². The molecule has 0 radical (unpaired) electrons. The summed E-state index contributed by atoms with van der Waals surface area (Å²) in [5, 5.41) is 0. The minimum atomic E-state index is -0.168. The zero-order chi connectivity index (χ0) is 23.8. The smallest absolute Gasteiger partial charge is 0.0448 e. The predicted octanol–water partition coefficient (Wildman–Crippen LogP) is 9.50. The van der Waals surface area contributed by atoms with E-state index in [-0.39, 0.29) is 10.8 Å². The second-order valence-electron chi connectivity index (χ2n) is 9.39. The van der Waals surface area contributed by atoms with Crippen LogP contribution >= 0.6 is 47.8 Å². The first-order valence-corrected chi connectivity index (χ1v) is 13.0. The summed E-state index contributed by atoms with van der Waals surface area (Å²) in [6, 6.07) is 12.9. The van der Waals surface area contributed by atoms with Crippen molar-refractivity contribution in [3.05, 3.63) is 109 Å². The molecule has 0 aromatic heterocycles. The number of halogens is 3. The van der Waals surface area contributed by atoms with Crippen molar-refractivity contribution in [2.75, 3.05) is 11.9 Å². The highest BCUT2D eigenvalue weighted by molar-refractivity contribution is 9.12. The highest BCUT2D eigenvalue weighted by Crippen LogP contribution is 2.47. The fourth-order valence-electron chi connectivity index (χ4n) is 4.35. The Labute approximate surface area is 218 Å². The summed E-state index contributed by atoms with van der Waals surface area (Å²) in [6.07, 6.45) is 8.51. The van der Waals surface area contributed by atoms with Gasteiger partial charge >= 0.3 is 0 Å². The largest absolute Gasteiger partial charge is 0.347 e. The van der Waals surface area contributed by atoms with Crippen LogP contribution in [0.25, 0.3) is 0 Å². The van der Waals surface area contributed by atoms with Gasteiger partial charge in [0.2, 0.25) is 0 Å². The molecule has 0 aliphatic carbocycles. The minimum absolute atomic E-state index is 0.0643. The first kappa shape index (κ1) is 25.3. The Morgan fingerprint density at radius 1 is 1.03 bits per heavy atom. The first-order valence-electron chi connectivity index (χ1n) is 10.6. The van der Waals surface area contributed by atoms with Gasteiger partial charge in [0.15, 0.2) is 0 Å². The van der Waals surface area contributed by atoms with E-state index in [0.29, 0.717) is 0 Å². The molecule has 0 unspecified atom stereocenters. The molecule has 0 amide bonds. The fourth-order valence-corrected chi connectivity index (χ4v) is 5.34. The van der Waals surface area contributed by atoms with Crippen LogP contribution in [0.5, 0.6) is 0 Å². The van der Waals surface area contributed by atoms with Crippen LogP contribution in [0.2, 0.25) is 0 Å². The van der Waals surface area contributed by atoms with Crippen molar-refractivity contribution in [2.24, 2.45) is 0 Å². The van der Waals surface area contributed by atoms with Crippen LogP contribution in [0.4, 0.5) is 5.69 Å². The Kier molecular flexibility index (Phi) is 7.49. The van der Waals surface area contributed by atoms with Gasteiger partial charge < -0.3 is 4.90 Å². The second kappa shape index (κ2) is 9.48. The van der Waals surface area contributed by atoms with Crippen LogP contribution in [0, 0.1) is 6.92 Å². The van der Waals surface area contributed by atoms with E-state index >= 15 is 0 Å². The predicted molar refractivity (Wildman–Crippen MR) is 151 cm³/mol. The summed E-state index contributed by atoms with van der Waals surface area (Å²) in [4.78, 5) is 2.28. The lowest BCUT2D eigenvalue weighted by Gasteiger charge is -2.28. The van der Waals surface area contributed by atoms with Gasteiger partial charge in [-0.25, -0.2) is 0 Å². The van der Waals surface area contributed by atoms with Crippen LogP contribution < -0.4 is 4.90 Å². The lowest BCUT2D eigenvalue weighted by molar-refractivity contribution is 0.636. The van der Waals surface area contributed by atoms with Crippen molar-refractivity contribution in [1.29, 1.82) is 0 Å². The molecule has 0 bridgehead atoms. The summed E-state index contributed by atoms with van der Waals surface area (Å²) in [6.45, 7) is 15.5. The molecule has 3 rings (SSSR count). The number of benzene rings is 2. The van der Waals surface area contributed by atoms with Crippen molar-refractivity contribution in [3.8, 4) is 0 Å². The van der Waals surface area contributed by atoms with E-state index in [2.05, 4.69) is 162 Å². The third-order valence-electron chi connectivity index (χ3n) is 6.51. The van der Waals surface area contributed by atoms with E-state index in [4.69, 9.17) is 0 Å². The van der Waals surface area contributed by atoms with Crippen LogP contribution in [-0.4, -0.2) is 7.05 Å². The Morgan fingerprint density at radius 3 is 2.34 bits per heavy atom. The third-order valence-corrected chi connectivity index (χ3v) is 8.03. The molecule has 1 nitrogen and oxygen atoms in total. The molecule has 1 heterocycles. The first-order chi connectivity index (χ1) is 14.9. The standard InChI is InChI=1S/C28H30Br3N/c1-18-8-10-21(30)16-23(18)27(3,4)19(2)9-11-20(29)13-15-26-28(5,6)24-17-22(31)12-14-25(24)32(26)7/h8-17H,2H2,1,3-7H3/b11-9+,20-13-,26-15+. The summed E-state index contributed by atoms with van der Waals surface area (Å²) >= 11 is 10.9. The molecule has 2 aromatic rings. The van der Waals surface area contributed by atoms with Gasteiger partial charge in [-0.2, -0.15) is 0 Å². The van der Waals surface area contributed by atoms with Gasteiger partial charge in [0.1, 0.15) is 0 Å². The number of anilines is 1. The number of allylic oxidation sites excluding steroid dienone is 7. The Hall–Kier alpha value is -1.36. The number of likely N-dealkylation sites (N-methyl/N-ethyl adjacent to an activating group) is 1. The molecule has 32 heavy (non-hydrogen) atoms. The molecule has 0 saturated carbocycles. The number of aryl methyl sites for hydroxylation is 1. The zero-order valence-electron chi connectivity index (χ0n) is 19.6. The van der Waals surface area contributed by atoms with Crippen molar-refractivity contribution in [3.63, 3.8) is 0 Å². The molecule has 0 N–H and O–H groups in total. The lowest BCUT2D eigenvalue weighted by atomic mass is 9.76. The molecule has 0 spiro atoms. The maximum absolute atomic E-state index is 4.38. The summed E-state index contributed by atoms with van der Waals surface area (Å²) in [5.41, 5.74) is 7.23. The fraction of sp³-hybridized carbons (Fsp3) is 0.286. The monoisotopic (exact) mass is 617 g/mol. The highest BCUT2D eigenvalue weighted by Gasteiger charge is 2.38. The molecule has 1 aliphatic heterocycles. The average molecular weight is 620 g/mol. The third kappa shape index (κ3) is 4.93. The molecule has 4 heteroatoms. The molecule has 1 aliphatic rings. The number of fused-ring (bicyclic) bond motifs is 1. The van der Waals surface area contributed by atoms with E-state index in [9.17, 15) is 0 Å². The maximum atomic E-state index is 4.38. The number of hydrogen-bond donors (Lipinski definition) is 0. The van der Waals surface area contributed by atoms with E-state index in [0.717, 1.165) is 19.0 Å². The van der Waals surface area contributed by atoms with Crippen molar-refractivity contribution < 1.29 is 0 Å². The molecule has 2 aromatic carbocycles. The van der Waals surface area contributed by atoms with Gasteiger partial charge in [-0.05, 0) is 77.7 Å².